The first-order valence-corrected chi connectivity index (χ1v) is 11.5. The molecule has 1 aliphatic rings. The second-order valence-corrected chi connectivity index (χ2v) is 8.56. The molecule has 2 aromatic carbocycles. The molecule has 0 bridgehead atoms. The Labute approximate surface area is 208 Å². The molecule has 3 N–H and O–H groups in total. The van der Waals surface area contributed by atoms with Gasteiger partial charge in [-0.3, -0.25) is 9.89 Å². The maximum atomic E-state index is 11.8. The molecular formula is C26H25N9O. The number of piperazine rings is 1. The van der Waals surface area contributed by atoms with Gasteiger partial charge in [-0.25, -0.2) is 4.98 Å². The number of anilines is 4. The highest BCUT2D eigenvalue weighted by Gasteiger charge is 2.17. The van der Waals surface area contributed by atoms with Crippen LogP contribution in [0.1, 0.15) is 5.56 Å². The number of nitriles is 1. The molecule has 10 heteroatoms. The van der Waals surface area contributed by atoms with E-state index in [1.165, 1.54) is 6.08 Å². The van der Waals surface area contributed by atoms with E-state index in [9.17, 15) is 10.1 Å². The van der Waals surface area contributed by atoms with Crippen LogP contribution in [-0.4, -0.2) is 64.2 Å². The first-order chi connectivity index (χ1) is 17.5. The number of hydrogen-bond donors (Lipinski definition) is 3. The summed E-state index contributed by atoms with van der Waals surface area (Å²) in [4.78, 5) is 25.8. The van der Waals surface area contributed by atoms with E-state index in [-0.39, 0.29) is 5.91 Å². The minimum atomic E-state index is -0.343. The number of benzene rings is 2. The number of H-pyrrole nitrogens is 1. The molecule has 5 rings (SSSR count). The molecule has 10 nitrogen and oxygen atoms in total. The Hall–Kier alpha value is -4.75. The third-order valence-corrected chi connectivity index (χ3v) is 6.13. The van der Waals surface area contributed by atoms with Gasteiger partial charge < -0.3 is 20.4 Å². The molecule has 4 aromatic rings. The number of fused-ring (bicyclic) bond motifs is 1. The summed E-state index contributed by atoms with van der Waals surface area (Å²) < 4.78 is 0. The average molecular weight is 480 g/mol. The highest BCUT2D eigenvalue weighted by molar-refractivity contribution is 6.00. The molecule has 0 saturated carbocycles. The van der Waals surface area contributed by atoms with E-state index < -0.39 is 0 Å². The third-order valence-electron chi connectivity index (χ3n) is 6.13. The Morgan fingerprint density at radius 2 is 1.97 bits per heavy atom. The Morgan fingerprint density at radius 3 is 2.75 bits per heavy atom. The predicted molar refractivity (Wildman–Crippen MR) is 140 cm³/mol. The number of amides is 1. The second-order valence-electron chi connectivity index (χ2n) is 8.56. The van der Waals surface area contributed by atoms with Gasteiger partial charge >= 0.3 is 0 Å². The van der Waals surface area contributed by atoms with Crippen LogP contribution >= 0.6 is 0 Å². The van der Waals surface area contributed by atoms with Crippen LogP contribution in [0.4, 0.5) is 23.0 Å². The maximum Gasteiger partial charge on any atom is 0.247 e. The van der Waals surface area contributed by atoms with Crippen molar-refractivity contribution in [2.24, 2.45) is 0 Å². The van der Waals surface area contributed by atoms with Gasteiger partial charge in [-0.05, 0) is 49.5 Å². The van der Waals surface area contributed by atoms with E-state index in [4.69, 9.17) is 4.98 Å². The number of carbonyl (C=O) groups is 1. The molecule has 0 radical (unpaired) electrons. The Morgan fingerprint density at radius 1 is 1.14 bits per heavy atom. The summed E-state index contributed by atoms with van der Waals surface area (Å²) in [6.07, 6.45) is 2.81. The zero-order chi connectivity index (χ0) is 25.1. The van der Waals surface area contributed by atoms with Crippen molar-refractivity contribution >= 4 is 40.0 Å². The van der Waals surface area contributed by atoms with E-state index in [2.05, 4.69) is 67.4 Å². The van der Waals surface area contributed by atoms with Gasteiger partial charge in [-0.1, -0.05) is 12.6 Å². The first kappa shape index (κ1) is 23.0. The smallest absolute Gasteiger partial charge is 0.247 e. The van der Waals surface area contributed by atoms with E-state index in [0.717, 1.165) is 37.6 Å². The van der Waals surface area contributed by atoms with Gasteiger partial charge in [0.2, 0.25) is 11.9 Å². The van der Waals surface area contributed by atoms with Crippen molar-refractivity contribution < 1.29 is 4.79 Å². The van der Waals surface area contributed by atoms with Gasteiger partial charge in [0.15, 0.2) is 5.65 Å². The van der Waals surface area contributed by atoms with Crippen LogP contribution < -0.4 is 15.5 Å². The fourth-order valence-electron chi connectivity index (χ4n) is 4.18. The van der Waals surface area contributed by atoms with E-state index >= 15 is 0 Å². The van der Waals surface area contributed by atoms with Gasteiger partial charge in [-0.2, -0.15) is 15.3 Å². The summed E-state index contributed by atoms with van der Waals surface area (Å²) in [5.74, 6) is 0.0195. The van der Waals surface area contributed by atoms with Crippen molar-refractivity contribution in [1.82, 2.24) is 25.1 Å². The number of nitrogens with zero attached hydrogens (tertiary/aromatic N) is 6. The fraction of sp³-hybridized carbons (Fsp3) is 0.192. The minimum Gasteiger partial charge on any atom is -0.369 e. The molecule has 0 aliphatic carbocycles. The molecule has 1 saturated heterocycles. The predicted octanol–water partition coefficient (Wildman–Crippen LogP) is 3.51. The Balaban J connectivity index is 1.51. The van der Waals surface area contributed by atoms with Crippen LogP contribution in [0.5, 0.6) is 0 Å². The third kappa shape index (κ3) is 4.73. The number of likely N-dealkylation sites (N-methyl/N-ethyl adjacent to an activating group) is 1. The lowest BCUT2D eigenvalue weighted by Gasteiger charge is -2.34. The largest absolute Gasteiger partial charge is 0.369 e. The van der Waals surface area contributed by atoms with Gasteiger partial charge in [-0.15, -0.1) is 0 Å². The Bertz CT molecular complexity index is 1480. The van der Waals surface area contributed by atoms with Crippen LogP contribution in [-0.2, 0) is 4.79 Å². The number of nitrogens with one attached hydrogen (secondary N) is 3. The molecule has 0 atom stereocenters. The summed E-state index contributed by atoms with van der Waals surface area (Å²) >= 11 is 0. The van der Waals surface area contributed by atoms with Crippen molar-refractivity contribution in [3.8, 4) is 17.3 Å². The lowest BCUT2D eigenvalue weighted by Crippen LogP contribution is -2.44. The standard InChI is InChI=1S/C26H25N9O/c1-3-23(36)29-19-8-7-17(15-27)21(14-19)24-22-16-28-33-25(22)32-26(31-24)30-18-5-4-6-20(13-18)35-11-9-34(2)10-12-35/h3-8,13-14,16H,1,9-12H2,2H3,(H,29,36)(H2,28,30,31,32,33). The normalized spacial score (nSPS) is 13.8. The number of carbonyl (C=O) groups excluding carboxylic acids is 1. The number of rotatable bonds is 6. The molecule has 180 valence electrons. The van der Waals surface area contributed by atoms with Crippen LogP contribution in [0.15, 0.2) is 61.3 Å². The molecule has 0 spiro atoms. The molecule has 1 fully saturated rings. The monoisotopic (exact) mass is 479 g/mol. The van der Waals surface area contributed by atoms with Gasteiger partial charge in [0.25, 0.3) is 0 Å². The average Bonchev–Trinajstić information content (AvgIpc) is 3.37. The zero-order valence-corrected chi connectivity index (χ0v) is 19.8. The molecule has 1 amide bonds. The van der Waals surface area contributed by atoms with Gasteiger partial charge in [0.1, 0.15) is 0 Å². The van der Waals surface area contributed by atoms with Crippen LogP contribution in [0.2, 0.25) is 0 Å². The maximum absolute atomic E-state index is 11.8. The molecule has 36 heavy (non-hydrogen) atoms. The van der Waals surface area contributed by atoms with Crippen LogP contribution in [0, 0.1) is 11.3 Å². The van der Waals surface area contributed by atoms with Crippen molar-refractivity contribution in [2.75, 3.05) is 48.8 Å². The molecule has 0 unspecified atom stereocenters. The summed E-state index contributed by atoms with van der Waals surface area (Å²) in [5, 5.41) is 23.5. The first-order valence-electron chi connectivity index (χ1n) is 11.5. The highest BCUT2D eigenvalue weighted by Crippen LogP contribution is 2.32. The van der Waals surface area contributed by atoms with Crippen molar-refractivity contribution in [3.05, 3.63) is 66.9 Å². The van der Waals surface area contributed by atoms with E-state index in [0.29, 0.717) is 39.5 Å². The molecule has 2 aromatic heterocycles. The summed E-state index contributed by atoms with van der Waals surface area (Å²) in [6.45, 7) is 7.47. The number of aromatic amines is 1. The number of hydrogen-bond acceptors (Lipinski definition) is 8. The topological polar surface area (TPSA) is 126 Å². The molecule has 1 aliphatic heterocycles. The summed E-state index contributed by atoms with van der Waals surface area (Å²) in [7, 11) is 2.14. The van der Waals surface area contributed by atoms with E-state index in [1.807, 2.05) is 12.1 Å². The lowest BCUT2D eigenvalue weighted by molar-refractivity contribution is -0.111. The summed E-state index contributed by atoms with van der Waals surface area (Å²) in [5.41, 5.74) is 4.54. The zero-order valence-electron chi connectivity index (χ0n) is 19.8. The lowest BCUT2D eigenvalue weighted by atomic mass is 10.0. The molecule has 3 heterocycles. The van der Waals surface area contributed by atoms with Crippen molar-refractivity contribution in [3.63, 3.8) is 0 Å². The van der Waals surface area contributed by atoms with Gasteiger partial charge in [0.05, 0.1) is 28.9 Å². The molecular weight excluding hydrogens is 454 g/mol. The van der Waals surface area contributed by atoms with Crippen molar-refractivity contribution in [1.29, 1.82) is 5.26 Å². The highest BCUT2D eigenvalue weighted by atomic mass is 16.1. The van der Waals surface area contributed by atoms with Crippen LogP contribution in [0.25, 0.3) is 22.3 Å². The van der Waals surface area contributed by atoms with Crippen LogP contribution in [0.3, 0.4) is 0 Å². The second kappa shape index (κ2) is 9.85. The van der Waals surface area contributed by atoms with Crippen molar-refractivity contribution in [2.45, 2.75) is 0 Å². The Kier molecular flexibility index (Phi) is 6.30. The van der Waals surface area contributed by atoms with Gasteiger partial charge in [0, 0.05) is 48.8 Å². The number of aromatic nitrogens is 4. The fourth-order valence-corrected chi connectivity index (χ4v) is 4.18. The minimum absolute atomic E-state index is 0.343. The quantitative estimate of drug-likeness (QED) is 0.359. The summed E-state index contributed by atoms with van der Waals surface area (Å²) in [6, 6.07) is 15.4. The SMILES string of the molecule is C=CC(=O)Nc1ccc(C#N)c(-c2nc(Nc3cccc(N4CCN(C)CC4)c3)nc3[nH]ncc23)c1. The van der Waals surface area contributed by atoms with E-state index in [1.54, 1.807) is 24.4 Å².